The molecule has 0 bridgehead atoms. The molecule has 28 heavy (non-hydrogen) atoms. The van der Waals surface area contributed by atoms with Gasteiger partial charge in [-0.15, -0.1) is 0 Å². The van der Waals surface area contributed by atoms with Gasteiger partial charge in [0.15, 0.2) is 0 Å². The van der Waals surface area contributed by atoms with Gasteiger partial charge in [0.1, 0.15) is 11.5 Å². The average molecular weight is 382 g/mol. The van der Waals surface area contributed by atoms with Gasteiger partial charge < -0.3 is 4.90 Å². The highest BCUT2D eigenvalue weighted by atomic mass is 19.1. The van der Waals surface area contributed by atoms with Gasteiger partial charge in [-0.25, -0.2) is 9.07 Å². The molecule has 0 radical (unpaired) electrons. The number of hydrogen-bond acceptors (Lipinski definition) is 4. The predicted molar refractivity (Wildman–Crippen MR) is 102 cm³/mol. The number of nitrogens with zero attached hydrogens (tertiary/aromatic N) is 4. The highest BCUT2D eigenvalue weighted by Crippen LogP contribution is 2.25. The summed E-state index contributed by atoms with van der Waals surface area (Å²) < 4.78 is 15.4. The summed E-state index contributed by atoms with van der Waals surface area (Å²) in [6.07, 6.45) is 1.40. The van der Waals surface area contributed by atoms with Crippen LogP contribution in [0.2, 0.25) is 0 Å². The second-order valence-corrected chi connectivity index (χ2v) is 6.45. The molecule has 1 heterocycles. The summed E-state index contributed by atoms with van der Waals surface area (Å²) in [5.41, 5.74) is 1.71. The van der Waals surface area contributed by atoms with Crippen molar-refractivity contribution < 1.29 is 14.1 Å². The van der Waals surface area contributed by atoms with E-state index in [2.05, 4.69) is 5.10 Å². The standard InChI is InChI=1S/C20H19FN4O3/c1-13(15-7-6-8-16(11-15)25(27)28)23(3)20(26)17-12-22-24(14(17)2)19-10-5-4-9-18(19)21/h4-13H,1-3H3/t13-/m1/s1. The molecular formula is C20H19FN4O3. The summed E-state index contributed by atoms with van der Waals surface area (Å²) >= 11 is 0. The third-order valence-electron chi connectivity index (χ3n) is 4.79. The minimum absolute atomic E-state index is 0.0336. The Morgan fingerprint density at radius 2 is 1.96 bits per heavy atom. The normalized spacial score (nSPS) is 11.9. The Balaban J connectivity index is 1.89. The Labute approximate surface area is 161 Å². The van der Waals surface area contributed by atoms with Gasteiger partial charge in [0.05, 0.1) is 28.4 Å². The molecule has 0 unspecified atom stereocenters. The molecule has 0 saturated carbocycles. The average Bonchev–Trinajstić information content (AvgIpc) is 3.07. The molecule has 0 spiro atoms. The van der Waals surface area contributed by atoms with Crippen molar-refractivity contribution in [2.75, 3.05) is 7.05 Å². The summed E-state index contributed by atoms with van der Waals surface area (Å²) in [6.45, 7) is 3.48. The molecule has 3 rings (SSSR count). The second kappa shape index (κ2) is 7.59. The maximum Gasteiger partial charge on any atom is 0.269 e. The van der Waals surface area contributed by atoms with Crippen LogP contribution in [0.25, 0.3) is 5.69 Å². The molecule has 1 aromatic heterocycles. The van der Waals surface area contributed by atoms with Crippen LogP contribution in [0, 0.1) is 22.9 Å². The number of aromatic nitrogens is 2. The van der Waals surface area contributed by atoms with Crippen molar-refractivity contribution in [3.8, 4) is 5.69 Å². The third kappa shape index (κ3) is 3.48. The van der Waals surface area contributed by atoms with Crippen LogP contribution in [0.5, 0.6) is 0 Å². The van der Waals surface area contributed by atoms with Gasteiger partial charge in [0.25, 0.3) is 11.6 Å². The molecule has 0 fully saturated rings. The van der Waals surface area contributed by atoms with Crippen LogP contribution in [0.3, 0.4) is 0 Å². The van der Waals surface area contributed by atoms with Crippen molar-refractivity contribution in [3.05, 3.63) is 87.5 Å². The lowest BCUT2D eigenvalue weighted by atomic mass is 10.1. The zero-order chi connectivity index (χ0) is 20.4. The lowest BCUT2D eigenvalue weighted by molar-refractivity contribution is -0.384. The molecule has 144 valence electrons. The van der Waals surface area contributed by atoms with Crippen LogP contribution in [0.4, 0.5) is 10.1 Å². The number of amides is 1. The van der Waals surface area contributed by atoms with Crippen molar-refractivity contribution >= 4 is 11.6 Å². The van der Waals surface area contributed by atoms with Crippen LogP contribution >= 0.6 is 0 Å². The molecule has 0 N–H and O–H groups in total. The minimum atomic E-state index is -0.472. The number of non-ortho nitro benzene ring substituents is 1. The SMILES string of the molecule is Cc1c(C(=O)N(C)[C@H](C)c2cccc([N+](=O)[O-])c2)cnn1-c1ccccc1F. The first-order valence-electron chi connectivity index (χ1n) is 8.62. The molecule has 0 aliphatic heterocycles. The summed E-state index contributed by atoms with van der Waals surface area (Å²) in [4.78, 5) is 25.0. The number of halogens is 1. The number of carbonyl (C=O) groups is 1. The van der Waals surface area contributed by atoms with Gasteiger partial charge in [0, 0.05) is 19.2 Å². The highest BCUT2D eigenvalue weighted by Gasteiger charge is 2.24. The predicted octanol–water partition coefficient (Wildman–Crippen LogP) is 4.06. The van der Waals surface area contributed by atoms with E-state index in [1.165, 1.54) is 34.0 Å². The summed E-state index contributed by atoms with van der Waals surface area (Å²) in [7, 11) is 1.62. The van der Waals surface area contributed by atoms with Gasteiger partial charge in [-0.1, -0.05) is 24.3 Å². The van der Waals surface area contributed by atoms with E-state index in [9.17, 15) is 19.3 Å². The molecular weight excluding hydrogens is 363 g/mol. The Hall–Kier alpha value is -3.55. The molecule has 2 aromatic carbocycles. The van der Waals surface area contributed by atoms with Crippen LogP contribution in [-0.2, 0) is 0 Å². The zero-order valence-corrected chi connectivity index (χ0v) is 15.7. The first-order chi connectivity index (χ1) is 13.3. The minimum Gasteiger partial charge on any atom is -0.335 e. The van der Waals surface area contributed by atoms with E-state index in [4.69, 9.17) is 0 Å². The molecule has 8 heteroatoms. The number of hydrogen-bond donors (Lipinski definition) is 0. The summed E-state index contributed by atoms with van der Waals surface area (Å²) in [5.74, 6) is -0.745. The Morgan fingerprint density at radius 3 is 2.64 bits per heavy atom. The van der Waals surface area contributed by atoms with Crippen LogP contribution in [0.1, 0.15) is 34.6 Å². The van der Waals surface area contributed by atoms with Gasteiger partial charge in [-0.2, -0.15) is 5.10 Å². The van der Waals surface area contributed by atoms with Crippen molar-refractivity contribution in [3.63, 3.8) is 0 Å². The first kappa shape index (κ1) is 19.2. The van der Waals surface area contributed by atoms with Crippen molar-refractivity contribution in [1.29, 1.82) is 0 Å². The molecule has 0 aliphatic rings. The van der Waals surface area contributed by atoms with E-state index < -0.39 is 16.8 Å². The molecule has 1 amide bonds. The van der Waals surface area contributed by atoms with Gasteiger partial charge in [-0.05, 0) is 31.5 Å². The van der Waals surface area contributed by atoms with E-state index in [0.717, 1.165) is 0 Å². The van der Waals surface area contributed by atoms with Crippen LogP contribution in [0.15, 0.2) is 54.7 Å². The van der Waals surface area contributed by atoms with Crippen molar-refractivity contribution in [2.24, 2.45) is 0 Å². The maximum absolute atomic E-state index is 14.1. The van der Waals surface area contributed by atoms with Crippen molar-refractivity contribution in [2.45, 2.75) is 19.9 Å². The fraction of sp³-hybridized carbons (Fsp3) is 0.200. The lowest BCUT2D eigenvalue weighted by Gasteiger charge is -2.25. The second-order valence-electron chi connectivity index (χ2n) is 6.45. The van der Waals surface area contributed by atoms with Crippen LogP contribution < -0.4 is 0 Å². The smallest absolute Gasteiger partial charge is 0.269 e. The van der Waals surface area contributed by atoms with E-state index in [1.54, 1.807) is 51.2 Å². The van der Waals surface area contributed by atoms with E-state index in [-0.39, 0.29) is 17.3 Å². The largest absolute Gasteiger partial charge is 0.335 e. The fourth-order valence-electron chi connectivity index (χ4n) is 2.97. The quantitative estimate of drug-likeness (QED) is 0.492. The zero-order valence-electron chi connectivity index (χ0n) is 15.7. The molecule has 0 aliphatic carbocycles. The third-order valence-corrected chi connectivity index (χ3v) is 4.79. The van der Waals surface area contributed by atoms with Gasteiger partial charge >= 0.3 is 0 Å². The number of benzene rings is 2. The van der Waals surface area contributed by atoms with E-state index in [0.29, 0.717) is 16.8 Å². The molecule has 0 saturated heterocycles. The topological polar surface area (TPSA) is 81.3 Å². The maximum atomic E-state index is 14.1. The Bertz CT molecular complexity index is 1050. The number of nitro groups is 1. The molecule has 7 nitrogen and oxygen atoms in total. The summed E-state index contributed by atoms with van der Waals surface area (Å²) in [5, 5.41) is 15.2. The summed E-state index contributed by atoms with van der Waals surface area (Å²) in [6, 6.07) is 12.0. The monoisotopic (exact) mass is 382 g/mol. The van der Waals surface area contributed by atoms with Gasteiger partial charge in [0.2, 0.25) is 0 Å². The first-order valence-corrected chi connectivity index (χ1v) is 8.62. The molecule has 3 aromatic rings. The van der Waals surface area contributed by atoms with Gasteiger partial charge in [-0.3, -0.25) is 14.9 Å². The number of para-hydroxylation sites is 1. The van der Waals surface area contributed by atoms with Crippen LogP contribution in [-0.4, -0.2) is 32.6 Å². The highest BCUT2D eigenvalue weighted by molar-refractivity contribution is 5.95. The lowest BCUT2D eigenvalue weighted by Crippen LogP contribution is -2.30. The van der Waals surface area contributed by atoms with E-state index >= 15 is 0 Å². The Kier molecular flexibility index (Phi) is 5.21. The molecule has 1 atom stereocenters. The fourth-order valence-corrected chi connectivity index (χ4v) is 2.97. The number of nitro benzene ring substituents is 1. The van der Waals surface area contributed by atoms with E-state index in [1.807, 2.05) is 0 Å². The number of carbonyl (C=O) groups excluding carboxylic acids is 1. The van der Waals surface area contributed by atoms with Crippen molar-refractivity contribution in [1.82, 2.24) is 14.7 Å². The number of rotatable bonds is 5. The Morgan fingerprint density at radius 1 is 1.25 bits per heavy atom.